The summed E-state index contributed by atoms with van der Waals surface area (Å²) in [5.41, 5.74) is 0.0620. The molecule has 1 aliphatic heterocycles. The highest BCUT2D eigenvalue weighted by atomic mass is 16.5. The Morgan fingerprint density at radius 3 is 2.76 bits per heavy atom. The van der Waals surface area contributed by atoms with Crippen LogP contribution in [0.4, 0.5) is 0 Å². The minimum absolute atomic E-state index is 0.0620. The van der Waals surface area contributed by atoms with Crippen molar-refractivity contribution in [3.63, 3.8) is 0 Å². The molecule has 1 aliphatic carbocycles. The third-order valence-corrected chi connectivity index (χ3v) is 4.45. The van der Waals surface area contributed by atoms with Crippen LogP contribution in [0, 0.1) is 11.3 Å². The molecule has 3 unspecified atom stereocenters. The molecule has 0 aromatic heterocycles. The second-order valence-electron chi connectivity index (χ2n) is 5.89. The number of carbonyl (C=O) groups excluding carboxylic acids is 1. The first-order chi connectivity index (χ1) is 8.05. The number of ether oxygens (including phenoxy) is 1. The standard InChI is InChI=1S/C13H24N2O2/c1-13(2)10(7-11(13)17-3)15-12(16)9-5-4-6-14-8-9/h9-11,14H,4-8H2,1-3H3,(H,15,16). The topological polar surface area (TPSA) is 50.4 Å². The van der Waals surface area contributed by atoms with Gasteiger partial charge in [-0.05, 0) is 25.8 Å². The normalized spacial score (nSPS) is 36.1. The molecule has 2 aliphatic rings. The molecular formula is C13H24N2O2. The smallest absolute Gasteiger partial charge is 0.224 e. The van der Waals surface area contributed by atoms with Crippen molar-refractivity contribution in [2.75, 3.05) is 20.2 Å². The van der Waals surface area contributed by atoms with E-state index in [4.69, 9.17) is 4.74 Å². The zero-order valence-electron chi connectivity index (χ0n) is 11.1. The van der Waals surface area contributed by atoms with Crippen LogP contribution in [0.15, 0.2) is 0 Å². The van der Waals surface area contributed by atoms with Gasteiger partial charge in [0.1, 0.15) is 0 Å². The highest BCUT2D eigenvalue weighted by molar-refractivity contribution is 5.79. The maximum Gasteiger partial charge on any atom is 0.224 e. The van der Waals surface area contributed by atoms with E-state index in [9.17, 15) is 4.79 Å². The number of carbonyl (C=O) groups is 1. The van der Waals surface area contributed by atoms with Crippen molar-refractivity contribution in [1.29, 1.82) is 0 Å². The van der Waals surface area contributed by atoms with Gasteiger partial charge in [0, 0.05) is 25.1 Å². The van der Waals surface area contributed by atoms with E-state index in [2.05, 4.69) is 24.5 Å². The predicted octanol–water partition coefficient (Wildman–Crippen LogP) is 0.916. The molecule has 4 heteroatoms. The van der Waals surface area contributed by atoms with E-state index in [-0.39, 0.29) is 29.4 Å². The molecule has 0 spiro atoms. The molecule has 17 heavy (non-hydrogen) atoms. The van der Waals surface area contributed by atoms with Crippen molar-refractivity contribution in [2.45, 2.75) is 45.3 Å². The Bertz CT molecular complexity index is 285. The van der Waals surface area contributed by atoms with E-state index in [0.29, 0.717) is 0 Å². The Morgan fingerprint density at radius 1 is 1.47 bits per heavy atom. The van der Waals surface area contributed by atoms with Gasteiger partial charge in [-0.1, -0.05) is 13.8 Å². The summed E-state index contributed by atoms with van der Waals surface area (Å²) < 4.78 is 5.40. The van der Waals surface area contributed by atoms with Crippen LogP contribution in [0.25, 0.3) is 0 Å². The molecule has 4 nitrogen and oxygen atoms in total. The lowest BCUT2D eigenvalue weighted by Gasteiger charge is -2.51. The summed E-state index contributed by atoms with van der Waals surface area (Å²) in [5.74, 6) is 0.367. The average Bonchev–Trinajstić information content (AvgIpc) is 2.34. The molecule has 0 aromatic carbocycles. The molecular weight excluding hydrogens is 216 g/mol. The van der Waals surface area contributed by atoms with Crippen LogP contribution >= 0.6 is 0 Å². The maximum absolute atomic E-state index is 12.1. The fraction of sp³-hybridized carbons (Fsp3) is 0.923. The average molecular weight is 240 g/mol. The van der Waals surface area contributed by atoms with Crippen molar-refractivity contribution in [2.24, 2.45) is 11.3 Å². The number of hydrogen-bond acceptors (Lipinski definition) is 3. The quantitative estimate of drug-likeness (QED) is 0.771. The molecule has 0 radical (unpaired) electrons. The number of piperidine rings is 1. The minimum Gasteiger partial charge on any atom is -0.381 e. The number of hydrogen-bond donors (Lipinski definition) is 2. The fourth-order valence-corrected chi connectivity index (χ4v) is 2.90. The van der Waals surface area contributed by atoms with E-state index < -0.39 is 0 Å². The molecule has 1 heterocycles. The lowest BCUT2D eigenvalue weighted by molar-refractivity contribution is -0.136. The Hall–Kier alpha value is -0.610. The number of methoxy groups -OCH3 is 1. The predicted molar refractivity (Wildman–Crippen MR) is 66.7 cm³/mol. The van der Waals surface area contributed by atoms with Crippen molar-refractivity contribution >= 4 is 5.91 Å². The van der Waals surface area contributed by atoms with Gasteiger partial charge < -0.3 is 15.4 Å². The van der Waals surface area contributed by atoms with Gasteiger partial charge in [0.05, 0.1) is 12.0 Å². The number of amides is 1. The number of nitrogens with one attached hydrogen (secondary N) is 2. The summed E-state index contributed by atoms with van der Waals surface area (Å²) in [7, 11) is 1.75. The van der Waals surface area contributed by atoms with Crippen LogP contribution < -0.4 is 10.6 Å². The third-order valence-electron chi connectivity index (χ3n) is 4.45. The van der Waals surface area contributed by atoms with Crippen LogP contribution in [-0.2, 0) is 9.53 Å². The minimum atomic E-state index is 0.0620. The van der Waals surface area contributed by atoms with Crippen molar-refractivity contribution in [1.82, 2.24) is 10.6 Å². The Morgan fingerprint density at radius 2 is 2.24 bits per heavy atom. The summed E-state index contributed by atoms with van der Waals surface area (Å²) in [6.45, 7) is 6.20. The molecule has 2 fully saturated rings. The monoisotopic (exact) mass is 240 g/mol. The van der Waals surface area contributed by atoms with E-state index in [0.717, 1.165) is 32.4 Å². The largest absolute Gasteiger partial charge is 0.381 e. The van der Waals surface area contributed by atoms with Gasteiger partial charge in [-0.15, -0.1) is 0 Å². The molecule has 3 atom stereocenters. The van der Waals surface area contributed by atoms with Crippen molar-refractivity contribution in [3.8, 4) is 0 Å². The summed E-state index contributed by atoms with van der Waals surface area (Å²) in [6, 6.07) is 0.266. The molecule has 2 N–H and O–H groups in total. The molecule has 1 saturated carbocycles. The van der Waals surface area contributed by atoms with Crippen LogP contribution in [0.5, 0.6) is 0 Å². The summed E-state index contributed by atoms with van der Waals surface area (Å²) in [4.78, 5) is 12.1. The van der Waals surface area contributed by atoms with Crippen molar-refractivity contribution in [3.05, 3.63) is 0 Å². The Labute approximate surface area is 103 Å². The summed E-state index contributed by atoms with van der Waals surface area (Å²) >= 11 is 0. The zero-order valence-corrected chi connectivity index (χ0v) is 11.1. The van der Waals surface area contributed by atoms with Crippen molar-refractivity contribution < 1.29 is 9.53 Å². The first-order valence-corrected chi connectivity index (χ1v) is 6.59. The molecule has 2 rings (SSSR count). The van der Waals surface area contributed by atoms with E-state index in [1.807, 2.05) is 0 Å². The molecule has 1 amide bonds. The fourth-order valence-electron chi connectivity index (χ4n) is 2.90. The summed E-state index contributed by atoms with van der Waals surface area (Å²) in [6.07, 6.45) is 3.33. The lowest BCUT2D eigenvalue weighted by Crippen LogP contribution is -2.62. The van der Waals surface area contributed by atoms with Gasteiger partial charge in [-0.3, -0.25) is 4.79 Å². The third kappa shape index (κ3) is 2.47. The van der Waals surface area contributed by atoms with Gasteiger partial charge in [0.2, 0.25) is 5.91 Å². The van der Waals surface area contributed by atoms with E-state index in [1.54, 1.807) is 7.11 Å². The molecule has 0 aromatic rings. The zero-order chi connectivity index (χ0) is 12.5. The van der Waals surface area contributed by atoms with Gasteiger partial charge in [0.15, 0.2) is 0 Å². The Kier molecular flexibility index (Phi) is 3.73. The van der Waals surface area contributed by atoms with Crippen LogP contribution in [0.1, 0.15) is 33.1 Å². The van der Waals surface area contributed by atoms with Crippen LogP contribution in [0.2, 0.25) is 0 Å². The first kappa shape index (κ1) is 12.8. The van der Waals surface area contributed by atoms with E-state index in [1.165, 1.54) is 0 Å². The second-order valence-corrected chi connectivity index (χ2v) is 5.89. The maximum atomic E-state index is 12.1. The molecule has 0 bridgehead atoms. The van der Waals surface area contributed by atoms with Crippen LogP contribution in [0.3, 0.4) is 0 Å². The first-order valence-electron chi connectivity index (χ1n) is 6.59. The van der Waals surface area contributed by atoms with Gasteiger partial charge >= 0.3 is 0 Å². The SMILES string of the molecule is COC1CC(NC(=O)C2CCCNC2)C1(C)C. The highest BCUT2D eigenvalue weighted by Gasteiger charge is 2.49. The molecule has 1 saturated heterocycles. The van der Waals surface area contributed by atoms with E-state index >= 15 is 0 Å². The van der Waals surface area contributed by atoms with Gasteiger partial charge in [0.25, 0.3) is 0 Å². The van der Waals surface area contributed by atoms with Crippen LogP contribution in [-0.4, -0.2) is 38.3 Å². The lowest BCUT2D eigenvalue weighted by atomic mass is 9.64. The highest BCUT2D eigenvalue weighted by Crippen LogP contribution is 2.42. The summed E-state index contributed by atoms with van der Waals surface area (Å²) in [5, 5.41) is 6.46. The van der Waals surface area contributed by atoms with Gasteiger partial charge in [-0.25, -0.2) is 0 Å². The molecule has 98 valence electrons. The van der Waals surface area contributed by atoms with Gasteiger partial charge in [-0.2, -0.15) is 0 Å². The Balaban J connectivity index is 1.83. The number of rotatable bonds is 3. The second kappa shape index (κ2) is 4.94.